The molecule has 0 unspecified atom stereocenters. The van der Waals surface area contributed by atoms with Crippen LogP contribution in [0.2, 0.25) is 0 Å². The minimum Gasteiger partial charge on any atom is -0.465 e. The number of carbonyl (C=O) groups excluding carboxylic acids is 1. The normalized spacial score (nSPS) is 11.2. The van der Waals surface area contributed by atoms with Gasteiger partial charge in [-0.05, 0) is 42.5 Å². The summed E-state index contributed by atoms with van der Waals surface area (Å²) in [7, 11) is 0. The molecule has 4 rings (SSSR count). The molecule has 2 aromatic heterocycles. The first kappa shape index (κ1) is 15.4. The first-order valence-electron chi connectivity index (χ1n) is 7.77. The summed E-state index contributed by atoms with van der Waals surface area (Å²) in [6.45, 7) is 0. The second-order valence-corrected chi connectivity index (χ2v) is 6.40. The molecule has 0 aliphatic rings. The smallest absolute Gasteiger partial charge is 0.248 e. The van der Waals surface area contributed by atoms with Crippen molar-refractivity contribution in [1.29, 1.82) is 0 Å². The molecule has 1 N–H and O–H groups in total. The maximum absolute atomic E-state index is 12.2. The van der Waals surface area contributed by atoms with Crippen molar-refractivity contribution in [2.75, 3.05) is 5.32 Å². The van der Waals surface area contributed by atoms with Crippen LogP contribution in [0.25, 0.3) is 26.9 Å². The number of carbonyl (C=O) groups is 1. The fraction of sp³-hybridized carbons (Fsp3) is 0. The molecule has 5 heteroatoms. The van der Waals surface area contributed by atoms with Crippen molar-refractivity contribution < 1.29 is 9.21 Å². The van der Waals surface area contributed by atoms with Gasteiger partial charge < -0.3 is 9.73 Å². The van der Waals surface area contributed by atoms with E-state index in [0.717, 1.165) is 26.5 Å². The minimum absolute atomic E-state index is 0.218. The lowest BCUT2D eigenvalue weighted by molar-refractivity contribution is -0.111. The van der Waals surface area contributed by atoms with Crippen molar-refractivity contribution in [1.82, 2.24) is 4.98 Å². The van der Waals surface area contributed by atoms with Crippen molar-refractivity contribution in [3.05, 3.63) is 78.8 Å². The zero-order valence-electron chi connectivity index (χ0n) is 13.2. The topological polar surface area (TPSA) is 55.1 Å². The molecule has 4 aromatic rings. The van der Waals surface area contributed by atoms with Gasteiger partial charge in [0.05, 0.1) is 22.2 Å². The van der Waals surface area contributed by atoms with E-state index in [1.807, 2.05) is 48.5 Å². The fourth-order valence-corrected chi connectivity index (χ4v) is 3.49. The van der Waals surface area contributed by atoms with Crippen LogP contribution in [0.4, 0.5) is 5.69 Å². The Balaban J connectivity index is 1.61. The molecule has 2 aromatic carbocycles. The second-order valence-electron chi connectivity index (χ2n) is 5.37. The lowest BCUT2D eigenvalue weighted by Gasteiger charge is -2.07. The highest BCUT2D eigenvalue weighted by Crippen LogP contribution is 2.34. The average molecular weight is 346 g/mol. The van der Waals surface area contributed by atoms with Gasteiger partial charge in [0.1, 0.15) is 10.8 Å². The summed E-state index contributed by atoms with van der Waals surface area (Å²) >= 11 is 1.61. The van der Waals surface area contributed by atoms with Gasteiger partial charge in [0.2, 0.25) is 5.91 Å². The van der Waals surface area contributed by atoms with Crippen LogP contribution in [0.1, 0.15) is 5.76 Å². The molecule has 0 aliphatic carbocycles. The molecular weight excluding hydrogens is 332 g/mol. The van der Waals surface area contributed by atoms with E-state index in [-0.39, 0.29) is 5.91 Å². The monoisotopic (exact) mass is 346 g/mol. The summed E-state index contributed by atoms with van der Waals surface area (Å²) < 4.78 is 6.31. The third-order valence-electron chi connectivity index (χ3n) is 3.65. The number of furan rings is 1. The standard InChI is InChI=1S/C20H14N2O2S/c23-19(12-11-14-6-5-13-24-14)21-16-8-2-1-7-15(16)20-22-17-9-3-4-10-18(17)25-20/h1-13H,(H,21,23). The van der Waals surface area contributed by atoms with Crippen LogP contribution in [0.3, 0.4) is 0 Å². The van der Waals surface area contributed by atoms with Gasteiger partial charge in [0.25, 0.3) is 0 Å². The summed E-state index contributed by atoms with van der Waals surface area (Å²) in [6.07, 6.45) is 4.66. The van der Waals surface area contributed by atoms with Crippen LogP contribution in [0.15, 0.2) is 77.4 Å². The maximum atomic E-state index is 12.2. The van der Waals surface area contributed by atoms with Gasteiger partial charge in [-0.1, -0.05) is 24.3 Å². The van der Waals surface area contributed by atoms with E-state index in [0.29, 0.717) is 5.76 Å². The van der Waals surface area contributed by atoms with Crippen LogP contribution >= 0.6 is 11.3 Å². The molecule has 0 spiro atoms. The Morgan fingerprint density at radius 3 is 2.72 bits per heavy atom. The third kappa shape index (κ3) is 3.36. The molecule has 25 heavy (non-hydrogen) atoms. The number of hydrogen-bond donors (Lipinski definition) is 1. The van der Waals surface area contributed by atoms with E-state index < -0.39 is 0 Å². The predicted molar refractivity (Wildman–Crippen MR) is 101 cm³/mol. The SMILES string of the molecule is O=C(C=Cc1ccco1)Nc1ccccc1-c1nc2ccccc2s1. The predicted octanol–water partition coefficient (Wildman–Crippen LogP) is 5.21. The molecule has 122 valence electrons. The quantitative estimate of drug-likeness (QED) is 0.516. The van der Waals surface area contributed by atoms with Gasteiger partial charge in [-0.2, -0.15) is 0 Å². The number of para-hydroxylation sites is 2. The van der Waals surface area contributed by atoms with Gasteiger partial charge in [-0.25, -0.2) is 4.98 Å². The highest BCUT2D eigenvalue weighted by Gasteiger charge is 2.11. The number of fused-ring (bicyclic) bond motifs is 1. The van der Waals surface area contributed by atoms with Gasteiger partial charge in [0, 0.05) is 11.6 Å². The lowest BCUT2D eigenvalue weighted by atomic mass is 10.2. The zero-order valence-corrected chi connectivity index (χ0v) is 14.0. The Hall–Kier alpha value is -3.18. The van der Waals surface area contributed by atoms with Crippen LogP contribution in [-0.2, 0) is 4.79 Å². The number of nitrogens with one attached hydrogen (secondary N) is 1. The maximum Gasteiger partial charge on any atom is 0.248 e. The van der Waals surface area contributed by atoms with Crippen molar-refractivity contribution in [3.63, 3.8) is 0 Å². The van der Waals surface area contributed by atoms with E-state index in [1.54, 1.807) is 35.8 Å². The number of nitrogens with zero attached hydrogens (tertiary/aromatic N) is 1. The van der Waals surface area contributed by atoms with Gasteiger partial charge in [0.15, 0.2) is 0 Å². The molecule has 0 saturated heterocycles. The molecule has 0 aliphatic heterocycles. The van der Waals surface area contributed by atoms with E-state index >= 15 is 0 Å². The lowest BCUT2D eigenvalue weighted by Crippen LogP contribution is -2.08. The van der Waals surface area contributed by atoms with Gasteiger partial charge >= 0.3 is 0 Å². The van der Waals surface area contributed by atoms with E-state index in [1.165, 1.54) is 6.08 Å². The van der Waals surface area contributed by atoms with Gasteiger partial charge in [-0.3, -0.25) is 4.79 Å². The highest BCUT2D eigenvalue weighted by molar-refractivity contribution is 7.21. The molecule has 0 bridgehead atoms. The van der Waals surface area contributed by atoms with Crippen molar-refractivity contribution in [2.45, 2.75) is 0 Å². The number of amides is 1. The number of hydrogen-bond acceptors (Lipinski definition) is 4. The number of anilines is 1. The molecule has 0 radical (unpaired) electrons. The van der Waals surface area contributed by atoms with Crippen molar-refractivity contribution in [3.8, 4) is 10.6 Å². The number of rotatable bonds is 4. The largest absolute Gasteiger partial charge is 0.465 e. The van der Waals surface area contributed by atoms with E-state index in [4.69, 9.17) is 4.42 Å². The number of thiazole rings is 1. The van der Waals surface area contributed by atoms with Crippen molar-refractivity contribution >= 4 is 39.2 Å². The second kappa shape index (κ2) is 6.75. The Morgan fingerprint density at radius 2 is 1.88 bits per heavy atom. The summed E-state index contributed by atoms with van der Waals surface area (Å²) in [5.41, 5.74) is 2.60. The summed E-state index contributed by atoms with van der Waals surface area (Å²) in [6, 6.07) is 19.2. The number of benzene rings is 2. The third-order valence-corrected chi connectivity index (χ3v) is 4.72. The zero-order chi connectivity index (χ0) is 17.1. The molecule has 0 atom stereocenters. The van der Waals surface area contributed by atoms with Crippen LogP contribution < -0.4 is 5.32 Å². The van der Waals surface area contributed by atoms with E-state index in [9.17, 15) is 4.79 Å². The Morgan fingerprint density at radius 1 is 1.04 bits per heavy atom. The molecule has 1 amide bonds. The first-order valence-corrected chi connectivity index (χ1v) is 8.59. The summed E-state index contributed by atoms with van der Waals surface area (Å²) in [4.78, 5) is 16.9. The average Bonchev–Trinajstić information content (AvgIpc) is 3.30. The Bertz CT molecular complexity index is 1020. The van der Waals surface area contributed by atoms with Crippen LogP contribution in [-0.4, -0.2) is 10.9 Å². The van der Waals surface area contributed by atoms with E-state index in [2.05, 4.69) is 10.3 Å². The molecule has 0 saturated carbocycles. The highest BCUT2D eigenvalue weighted by atomic mass is 32.1. The Labute approximate surface area is 148 Å². The fourth-order valence-electron chi connectivity index (χ4n) is 2.48. The molecule has 2 heterocycles. The van der Waals surface area contributed by atoms with Crippen molar-refractivity contribution in [2.24, 2.45) is 0 Å². The first-order chi connectivity index (χ1) is 12.3. The Kier molecular flexibility index (Phi) is 4.14. The number of aromatic nitrogens is 1. The summed E-state index contributed by atoms with van der Waals surface area (Å²) in [5.74, 6) is 0.416. The molecule has 4 nitrogen and oxygen atoms in total. The van der Waals surface area contributed by atoms with Gasteiger partial charge in [-0.15, -0.1) is 11.3 Å². The summed E-state index contributed by atoms with van der Waals surface area (Å²) in [5, 5.41) is 3.80. The molecular formula is C20H14N2O2S. The minimum atomic E-state index is -0.218. The molecule has 0 fully saturated rings. The van der Waals surface area contributed by atoms with Crippen LogP contribution in [0, 0.1) is 0 Å². The van der Waals surface area contributed by atoms with Crippen LogP contribution in [0.5, 0.6) is 0 Å².